The van der Waals surface area contributed by atoms with E-state index in [2.05, 4.69) is 29.2 Å². The molecule has 6 nitrogen and oxygen atoms in total. The summed E-state index contributed by atoms with van der Waals surface area (Å²) in [4.78, 5) is 22.5. The first-order valence-corrected chi connectivity index (χ1v) is 10.1. The molecule has 3 rings (SSSR count). The van der Waals surface area contributed by atoms with E-state index in [1.54, 1.807) is 0 Å². The number of hydrogen-bond acceptors (Lipinski definition) is 5. The average Bonchev–Trinajstić information content (AvgIpc) is 2.76. The second-order valence-electron chi connectivity index (χ2n) is 7.14. The Morgan fingerprint density at radius 2 is 1.48 bits per heavy atom. The molecule has 1 aromatic heterocycles. The third-order valence-corrected chi connectivity index (χ3v) is 4.76. The summed E-state index contributed by atoms with van der Waals surface area (Å²) in [6.07, 6.45) is 1.66. The van der Waals surface area contributed by atoms with Crippen LogP contribution in [-0.2, 0) is 9.53 Å². The van der Waals surface area contributed by atoms with Crippen LogP contribution in [0.1, 0.15) is 18.5 Å². The van der Waals surface area contributed by atoms with Crippen molar-refractivity contribution in [3.05, 3.63) is 66.4 Å². The van der Waals surface area contributed by atoms with E-state index in [1.165, 1.54) is 0 Å². The normalized spacial score (nSPS) is 10.4. The quantitative estimate of drug-likeness (QED) is 0.390. The topological polar surface area (TPSA) is 75.5 Å². The Morgan fingerprint density at radius 1 is 0.935 bits per heavy atom. The van der Waals surface area contributed by atoms with E-state index < -0.39 is 5.97 Å². The van der Waals surface area contributed by atoms with Gasteiger partial charge in [0.25, 0.3) is 0 Å². The number of carbonyl (C=O) groups is 1. The molecule has 0 atom stereocenters. The molecule has 0 saturated heterocycles. The number of unbranched alkanes of at least 4 members (excludes halogenated alkanes) is 1. The molecule has 0 amide bonds. The minimum absolute atomic E-state index is 0. The predicted octanol–water partition coefficient (Wildman–Crippen LogP) is 3.79. The van der Waals surface area contributed by atoms with Gasteiger partial charge in [-0.05, 0) is 19.8 Å². The second-order valence-corrected chi connectivity index (χ2v) is 7.14. The summed E-state index contributed by atoms with van der Waals surface area (Å²) in [5.74, 6) is -0.0926. The average molecular weight is 429 g/mol. The van der Waals surface area contributed by atoms with E-state index in [0.29, 0.717) is 6.61 Å². The Bertz CT molecular complexity index is 969. The van der Waals surface area contributed by atoms with Crippen LogP contribution in [0, 0.1) is 6.92 Å². The summed E-state index contributed by atoms with van der Waals surface area (Å²) in [6, 6.07) is 20.2. The third-order valence-electron chi connectivity index (χ3n) is 4.76. The number of carboxylic acids is 1. The van der Waals surface area contributed by atoms with Crippen LogP contribution in [0.15, 0.2) is 60.7 Å². The van der Waals surface area contributed by atoms with E-state index in [-0.39, 0.29) is 36.2 Å². The Kier molecular flexibility index (Phi) is 10.1. The molecule has 0 radical (unpaired) electrons. The molecule has 2 aromatic carbocycles. The van der Waals surface area contributed by atoms with Gasteiger partial charge < -0.3 is 14.7 Å². The van der Waals surface area contributed by atoms with E-state index in [1.807, 2.05) is 50.4 Å². The van der Waals surface area contributed by atoms with Gasteiger partial charge in [0.1, 0.15) is 6.61 Å². The summed E-state index contributed by atoms with van der Waals surface area (Å²) in [7, 11) is 2.01. The zero-order chi connectivity index (χ0) is 21.3. The van der Waals surface area contributed by atoms with Crippen LogP contribution in [0.3, 0.4) is 0 Å². The number of nitrogens with zero attached hydrogens (tertiary/aromatic N) is 3. The number of ether oxygens (including phenoxy) is 1. The molecule has 0 unspecified atom stereocenters. The fourth-order valence-electron chi connectivity index (χ4n) is 3.29. The van der Waals surface area contributed by atoms with Crippen molar-refractivity contribution in [1.82, 2.24) is 9.97 Å². The van der Waals surface area contributed by atoms with Crippen LogP contribution in [0.4, 0.5) is 5.82 Å². The van der Waals surface area contributed by atoms with E-state index in [4.69, 9.17) is 19.8 Å². The van der Waals surface area contributed by atoms with E-state index in [0.717, 1.165) is 53.4 Å². The molecule has 158 valence electrons. The number of hydrogen-bond donors (Lipinski definition) is 1. The Hall–Kier alpha value is -2.25. The van der Waals surface area contributed by atoms with Crippen molar-refractivity contribution in [2.75, 3.05) is 31.7 Å². The molecule has 0 spiro atoms. The van der Waals surface area contributed by atoms with Crippen molar-refractivity contribution in [1.29, 1.82) is 0 Å². The molecule has 7 heteroatoms. The van der Waals surface area contributed by atoms with E-state index in [9.17, 15) is 4.79 Å². The van der Waals surface area contributed by atoms with Gasteiger partial charge in [0, 0.05) is 31.3 Å². The number of anilines is 1. The molecule has 0 saturated carbocycles. The number of aromatic nitrogens is 2. The van der Waals surface area contributed by atoms with Gasteiger partial charge in [-0.2, -0.15) is 0 Å². The summed E-state index contributed by atoms with van der Waals surface area (Å²) >= 11 is 0. The molecule has 0 aliphatic rings. The number of benzene rings is 2. The molecule has 1 N–H and O–H groups in total. The molecule has 0 fully saturated rings. The number of carboxylic acid groups (broad SMARTS) is 1. The molecule has 0 aliphatic heterocycles. The van der Waals surface area contributed by atoms with Crippen LogP contribution in [0.5, 0.6) is 0 Å². The van der Waals surface area contributed by atoms with Gasteiger partial charge in [-0.15, -0.1) is 0 Å². The van der Waals surface area contributed by atoms with Crippen LogP contribution < -0.4 is 4.90 Å². The summed E-state index contributed by atoms with van der Waals surface area (Å²) in [5.41, 5.74) is 4.67. The maximum absolute atomic E-state index is 10.5. The van der Waals surface area contributed by atoms with Crippen LogP contribution in [-0.4, -0.2) is 77.4 Å². The van der Waals surface area contributed by atoms with E-state index >= 15 is 0 Å². The first-order valence-electron chi connectivity index (χ1n) is 10.1. The third kappa shape index (κ3) is 7.14. The van der Waals surface area contributed by atoms with Gasteiger partial charge in [-0.25, -0.2) is 14.8 Å². The Morgan fingerprint density at radius 3 is 2.03 bits per heavy atom. The summed E-state index contributed by atoms with van der Waals surface area (Å²) < 4.78 is 5.10. The molecule has 0 bridgehead atoms. The monoisotopic (exact) mass is 429 g/mol. The molecule has 3 aromatic rings. The standard InChI is InChI=1S/C24H27N3O3.Na.H/c1-18-24(27(2)15-9-10-16-30-17-21(28)29)26-23(20-13-7-4-8-14-20)22(25-18)19-11-5-3-6-12-19;;/h3-8,11-14H,9-10,15-17H2,1-2H3,(H,28,29);;. The van der Waals surface area contributed by atoms with Crippen molar-refractivity contribution in [3.8, 4) is 22.5 Å². The summed E-state index contributed by atoms with van der Waals surface area (Å²) in [5, 5.41) is 8.61. The van der Waals surface area contributed by atoms with Crippen molar-refractivity contribution >= 4 is 41.3 Å². The Labute approximate surface area is 205 Å². The van der Waals surface area contributed by atoms with Gasteiger partial charge in [-0.3, -0.25) is 0 Å². The molecular weight excluding hydrogens is 401 g/mol. The number of rotatable bonds is 10. The first kappa shape index (κ1) is 25.0. The van der Waals surface area contributed by atoms with Crippen molar-refractivity contribution in [3.63, 3.8) is 0 Å². The van der Waals surface area contributed by atoms with Crippen molar-refractivity contribution < 1.29 is 14.6 Å². The van der Waals surface area contributed by atoms with Gasteiger partial charge in [0.05, 0.1) is 17.1 Å². The van der Waals surface area contributed by atoms with Gasteiger partial charge in [-0.1, -0.05) is 60.7 Å². The molecular formula is C24H28N3NaO3. The maximum atomic E-state index is 10.5. The Balaban J connectivity index is 0.00000341. The van der Waals surface area contributed by atoms with Crippen molar-refractivity contribution in [2.24, 2.45) is 0 Å². The number of aliphatic carboxylic acids is 1. The van der Waals surface area contributed by atoms with Crippen LogP contribution in [0.2, 0.25) is 0 Å². The van der Waals surface area contributed by atoms with Gasteiger partial charge in [0.15, 0.2) is 5.82 Å². The zero-order valence-corrected chi connectivity index (χ0v) is 17.4. The van der Waals surface area contributed by atoms with Gasteiger partial charge >= 0.3 is 35.5 Å². The molecule has 31 heavy (non-hydrogen) atoms. The SMILES string of the molecule is Cc1nc(-c2ccccc2)c(-c2ccccc2)nc1N(C)CCCCOCC(=O)O.[NaH]. The number of aryl methyl sites for hydroxylation is 1. The van der Waals surface area contributed by atoms with Crippen molar-refractivity contribution in [2.45, 2.75) is 19.8 Å². The summed E-state index contributed by atoms with van der Waals surface area (Å²) in [6.45, 7) is 2.95. The van der Waals surface area contributed by atoms with Crippen LogP contribution >= 0.6 is 0 Å². The van der Waals surface area contributed by atoms with Crippen LogP contribution in [0.25, 0.3) is 22.5 Å². The minimum atomic E-state index is -0.940. The second kappa shape index (κ2) is 12.6. The molecule has 0 aliphatic carbocycles. The van der Waals surface area contributed by atoms with Gasteiger partial charge in [0.2, 0.25) is 0 Å². The molecule has 1 heterocycles. The fourth-order valence-corrected chi connectivity index (χ4v) is 3.29. The predicted molar refractivity (Wildman–Crippen MR) is 126 cm³/mol. The zero-order valence-electron chi connectivity index (χ0n) is 17.4. The fraction of sp³-hybridized carbons (Fsp3) is 0.292. The first-order chi connectivity index (χ1) is 14.6.